The molecule has 1 N–H and O–H groups in total. The van der Waals surface area contributed by atoms with Crippen molar-refractivity contribution >= 4 is 17.5 Å². The predicted molar refractivity (Wildman–Crippen MR) is 108 cm³/mol. The number of anilines is 1. The van der Waals surface area contributed by atoms with Gasteiger partial charge in [0.1, 0.15) is 17.2 Å². The minimum absolute atomic E-state index is 0.0256. The van der Waals surface area contributed by atoms with E-state index in [0.29, 0.717) is 0 Å². The highest BCUT2D eigenvalue weighted by Crippen LogP contribution is 2.32. The maximum Gasteiger partial charge on any atom is 0.277 e. The number of nitrogens with one attached hydrogen (secondary N) is 1. The summed E-state index contributed by atoms with van der Waals surface area (Å²) in [6, 6.07) is 18.6. The van der Waals surface area contributed by atoms with Gasteiger partial charge in [0.2, 0.25) is 0 Å². The number of amides is 2. The Morgan fingerprint density at radius 1 is 1.03 bits per heavy atom. The fourth-order valence-electron chi connectivity index (χ4n) is 3.55. The van der Waals surface area contributed by atoms with Crippen molar-refractivity contribution in [1.82, 2.24) is 10.3 Å². The number of fused-ring (bicyclic) bond motifs is 1. The average Bonchev–Trinajstić information content (AvgIpc) is 3.08. The quantitative estimate of drug-likeness (QED) is 0.739. The van der Waals surface area contributed by atoms with Gasteiger partial charge < -0.3 is 10.2 Å². The van der Waals surface area contributed by atoms with Crippen molar-refractivity contribution in [2.24, 2.45) is 0 Å². The summed E-state index contributed by atoms with van der Waals surface area (Å²) < 4.78 is 13.0. The summed E-state index contributed by atoms with van der Waals surface area (Å²) in [5, 5.41) is 2.75. The van der Waals surface area contributed by atoms with E-state index in [2.05, 4.69) is 10.3 Å². The Hall–Kier alpha value is -3.54. The van der Waals surface area contributed by atoms with Crippen LogP contribution < -0.4 is 10.2 Å². The fourth-order valence-corrected chi connectivity index (χ4v) is 3.55. The Morgan fingerprint density at radius 2 is 1.76 bits per heavy atom. The molecule has 2 heterocycles. The second-order valence-electron chi connectivity index (χ2n) is 7.07. The van der Waals surface area contributed by atoms with Gasteiger partial charge in [0.05, 0.1) is 0 Å². The molecule has 1 atom stereocenters. The largest absolute Gasteiger partial charge is 0.347 e. The van der Waals surface area contributed by atoms with E-state index in [9.17, 15) is 14.0 Å². The Bertz CT molecular complexity index is 1070. The van der Waals surface area contributed by atoms with Crippen molar-refractivity contribution < 1.29 is 14.0 Å². The fraction of sp³-hybridized carbons (Fsp3) is 0.174. The number of benzene rings is 2. The van der Waals surface area contributed by atoms with Gasteiger partial charge in [0.25, 0.3) is 11.8 Å². The maximum absolute atomic E-state index is 13.1. The van der Waals surface area contributed by atoms with Crippen LogP contribution in [0.2, 0.25) is 0 Å². The Kier molecular flexibility index (Phi) is 5.08. The molecule has 1 aromatic heterocycles. The van der Waals surface area contributed by atoms with E-state index in [1.807, 2.05) is 31.2 Å². The zero-order valence-electron chi connectivity index (χ0n) is 15.9. The maximum atomic E-state index is 13.1. The summed E-state index contributed by atoms with van der Waals surface area (Å²) in [7, 11) is 0. The van der Waals surface area contributed by atoms with Gasteiger partial charge >= 0.3 is 0 Å². The van der Waals surface area contributed by atoms with Crippen LogP contribution in [0.1, 0.15) is 39.0 Å². The number of nitrogens with zero attached hydrogens (tertiary/aromatic N) is 2. The lowest BCUT2D eigenvalue weighted by atomic mass is 10.1. The number of para-hydroxylation sites is 1. The summed E-state index contributed by atoms with van der Waals surface area (Å²) in [6.45, 7) is 2.24. The number of hydrogen-bond acceptors (Lipinski definition) is 3. The van der Waals surface area contributed by atoms with Gasteiger partial charge in [-0.3, -0.25) is 9.59 Å². The molecule has 146 valence electrons. The molecule has 1 aliphatic rings. The molecule has 0 aliphatic carbocycles. The van der Waals surface area contributed by atoms with Gasteiger partial charge in [-0.05, 0) is 54.8 Å². The van der Waals surface area contributed by atoms with Crippen LogP contribution in [0.25, 0.3) is 0 Å². The monoisotopic (exact) mass is 389 g/mol. The zero-order valence-corrected chi connectivity index (χ0v) is 15.9. The second-order valence-corrected chi connectivity index (χ2v) is 7.07. The topological polar surface area (TPSA) is 62.3 Å². The molecular formula is C23H20FN3O2. The van der Waals surface area contributed by atoms with Crippen LogP contribution in [0.4, 0.5) is 10.1 Å². The number of carbonyl (C=O) groups excluding carboxylic acids is 2. The Labute approximate surface area is 168 Å². The van der Waals surface area contributed by atoms with E-state index in [1.165, 1.54) is 12.1 Å². The molecule has 1 unspecified atom stereocenters. The summed E-state index contributed by atoms with van der Waals surface area (Å²) in [5.41, 5.74) is 3.18. The van der Waals surface area contributed by atoms with Crippen LogP contribution in [0.5, 0.6) is 0 Å². The lowest BCUT2D eigenvalue weighted by Gasteiger charge is -2.22. The van der Waals surface area contributed by atoms with E-state index >= 15 is 0 Å². The number of halogens is 1. The van der Waals surface area contributed by atoms with Crippen LogP contribution >= 0.6 is 0 Å². The number of aromatic nitrogens is 1. The third kappa shape index (κ3) is 3.87. The van der Waals surface area contributed by atoms with Crippen LogP contribution in [0, 0.1) is 5.82 Å². The highest BCUT2D eigenvalue weighted by Gasteiger charge is 2.32. The lowest BCUT2D eigenvalue weighted by Crippen LogP contribution is -2.36. The molecular weight excluding hydrogens is 369 g/mol. The Morgan fingerprint density at radius 3 is 2.55 bits per heavy atom. The first-order valence-electron chi connectivity index (χ1n) is 9.44. The van der Waals surface area contributed by atoms with Crippen LogP contribution in [-0.2, 0) is 13.0 Å². The van der Waals surface area contributed by atoms with Crippen LogP contribution in [0.15, 0.2) is 66.7 Å². The molecule has 0 spiro atoms. The molecule has 2 aromatic carbocycles. The van der Waals surface area contributed by atoms with Crippen LogP contribution in [0.3, 0.4) is 0 Å². The van der Waals surface area contributed by atoms with E-state index in [4.69, 9.17) is 0 Å². The van der Waals surface area contributed by atoms with Crippen LogP contribution in [-0.4, -0.2) is 22.8 Å². The summed E-state index contributed by atoms with van der Waals surface area (Å²) in [5.74, 6) is -0.944. The first-order valence-corrected chi connectivity index (χ1v) is 9.44. The third-order valence-electron chi connectivity index (χ3n) is 4.99. The van der Waals surface area contributed by atoms with E-state index < -0.39 is 0 Å². The van der Waals surface area contributed by atoms with Crippen molar-refractivity contribution in [3.63, 3.8) is 0 Å². The highest BCUT2D eigenvalue weighted by atomic mass is 19.1. The van der Waals surface area contributed by atoms with Crippen molar-refractivity contribution in [3.8, 4) is 0 Å². The molecule has 0 radical (unpaired) electrons. The number of hydrogen-bond donors (Lipinski definition) is 1. The van der Waals surface area contributed by atoms with Gasteiger partial charge in [-0.2, -0.15) is 0 Å². The average molecular weight is 389 g/mol. The first-order chi connectivity index (χ1) is 14.0. The normalized spacial score (nSPS) is 15.1. The summed E-state index contributed by atoms with van der Waals surface area (Å²) >= 11 is 0. The van der Waals surface area contributed by atoms with Gasteiger partial charge in [-0.25, -0.2) is 9.37 Å². The third-order valence-corrected chi connectivity index (χ3v) is 4.99. The predicted octanol–water partition coefficient (Wildman–Crippen LogP) is 3.74. The molecule has 0 saturated carbocycles. The highest BCUT2D eigenvalue weighted by molar-refractivity contribution is 6.07. The second kappa shape index (κ2) is 7.83. The van der Waals surface area contributed by atoms with Gasteiger partial charge in [0, 0.05) is 18.3 Å². The molecule has 6 heteroatoms. The van der Waals surface area contributed by atoms with Crippen molar-refractivity contribution in [1.29, 1.82) is 0 Å². The summed E-state index contributed by atoms with van der Waals surface area (Å²) in [4.78, 5) is 31.6. The summed E-state index contributed by atoms with van der Waals surface area (Å²) in [6.07, 6.45) is 0.791. The first kappa shape index (κ1) is 18.8. The smallest absolute Gasteiger partial charge is 0.277 e. The van der Waals surface area contributed by atoms with E-state index in [0.717, 1.165) is 23.2 Å². The lowest BCUT2D eigenvalue weighted by molar-refractivity contribution is 0.0945. The van der Waals surface area contributed by atoms with Gasteiger partial charge in [-0.1, -0.05) is 36.4 Å². The molecule has 4 rings (SSSR count). The molecule has 0 fully saturated rings. The SMILES string of the molecule is CC1Cc2ccccc2N1C(=O)c1cccc(C(=O)NCc2ccc(F)cc2)n1. The molecule has 0 saturated heterocycles. The van der Waals surface area contributed by atoms with E-state index in [-0.39, 0.29) is 41.6 Å². The number of rotatable bonds is 4. The minimum Gasteiger partial charge on any atom is -0.347 e. The molecule has 3 aromatic rings. The van der Waals surface area contributed by atoms with Gasteiger partial charge in [-0.15, -0.1) is 0 Å². The van der Waals surface area contributed by atoms with E-state index in [1.54, 1.807) is 35.2 Å². The van der Waals surface area contributed by atoms with Crippen molar-refractivity contribution in [2.45, 2.75) is 25.9 Å². The zero-order chi connectivity index (χ0) is 20.4. The number of pyridine rings is 1. The van der Waals surface area contributed by atoms with Crippen molar-refractivity contribution in [3.05, 3.63) is 95.1 Å². The Balaban J connectivity index is 1.50. The molecule has 29 heavy (non-hydrogen) atoms. The standard InChI is InChI=1S/C23H20FN3O2/c1-15-13-17-5-2-3-8-21(17)27(15)23(29)20-7-4-6-19(26-20)22(28)25-14-16-9-11-18(24)12-10-16/h2-12,15H,13-14H2,1H3,(H,25,28). The number of carbonyl (C=O) groups is 2. The molecule has 2 amide bonds. The van der Waals surface area contributed by atoms with Gasteiger partial charge in [0.15, 0.2) is 0 Å². The molecule has 1 aliphatic heterocycles. The molecule has 0 bridgehead atoms. The minimum atomic E-state index is -0.390. The van der Waals surface area contributed by atoms with Crippen molar-refractivity contribution in [2.75, 3.05) is 4.90 Å². The molecule has 5 nitrogen and oxygen atoms in total.